The average molecular weight is 373 g/mol. The molecular formula is C23H23N3O2. The summed E-state index contributed by atoms with van der Waals surface area (Å²) >= 11 is 0. The van der Waals surface area contributed by atoms with E-state index in [0.717, 1.165) is 27.7 Å². The Morgan fingerprint density at radius 2 is 1.93 bits per heavy atom. The van der Waals surface area contributed by atoms with Gasteiger partial charge in [-0.05, 0) is 43.2 Å². The van der Waals surface area contributed by atoms with Gasteiger partial charge in [0.2, 0.25) is 5.91 Å². The van der Waals surface area contributed by atoms with E-state index >= 15 is 0 Å². The number of piperazine rings is 1. The molecule has 1 N–H and O–H groups in total. The summed E-state index contributed by atoms with van der Waals surface area (Å²) in [5, 5.41) is 3.93. The molecule has 2 amide bonds. The molecule has 1 aliphatic rings. The number of hydrogen-bond donors (Lipinski definition) is 1. The summed E-state index contributed by atoms with van der Waals surface area (Å²) in [7, 11) is 0. The average Bonchev–Trinajstić information content (AvgIpc) is 2.69. The molecule has 3 aromatic rings. The van der Waals surface area contributed by atoms with Crippen LogP contribution in [0.4, 0.5) is 0 Å². The lowest BCUT2D eigenvalue weighted by Gasteiger charge is -2.35. The lowest BCUT2D eigenvalue weighted by atomic mass is 10.0. The number of rotatable bonds is 3. The molecule has 0 aliphatic carbocycles. The van der Waals surface area contributed by atoms with E-state index in [1.54, 1.807) is 4.90 Å². The standard InChI is InChI=1S/C23H23N3O2/c1-15-12-16(2)25-20-14-18(8-9-19(15)20)23(28)26-11-10-24-22(27)21(26)13-17-6-4-3-5-7-17/h3-9,12,14,21H,10-11,13H2,1-2H3,(H,24,27)/t21-/m0/s1. The molecular weight excluding hydrogens is 350 g/mol. The molecule has 1 atom stereocenters. The highest BCUT2D eigenvalue weighted by Gasteiger charge is 2.33. The second-order valence-electron chi connectivity index (χ2n) is 7.31. The third kappa shape index (κ3) is 3.48. The quantitative estimate of drug-likeness (QED) is 0.768. The molecule has 0 unspecified atom stereocenters. The first-order valence-electron chi connectivity index (χ1n) is 9.53. The van der Waals surface area contributed by atoms with Crippen molar-refractivity contribution in [1.29, 1.82) is 0 Å². The number of carbonyl (C=O) groups excluding carboxylic acids is 2. The Morgan fingerprint density at radius 3 is 2.71 bits per heavy atom. The Kier molecular flexibility index (Phi) is 4.82. The zero-order chi connectivity index (χ0) is 19.7. The van der Waals surface area contributed by atoms with Crippen molar-refractivity contribution in [3.05, 3.63) is 77.0 Å². The number of nitrogens with zero attached hydrogens (tertiary/aromatic N) is 2. The summed E-state index contributed by atoms with van der Waals surface area (Å²) in [6.45, 7) is 4.97. The molecule has 0 radical (unpaired) electrons. The highest BCUT2D eigenvalue weighted by Crippen LogP contribution is 2.22. The number of pyridine rings is 1. The Hall–Kier alpha value is -3.21. The van der Waals surface area contributed by atoms with E-state index in [1.165, 1.54) is 0 Å². The Bertz CT molecular complexity index is 1050. The molecule has 4 rings (SSSR count). The van der Waals surface area contributed by atoms with Crippen molar-refractivity contribution in [3.8, 4) is 0 Å². The van der Waals surface area contributed by atoms with E-state index in [2.05, 4.69) is 10.3 Å². The van der Waals surface area contributed by atoms with Crippen LogP contribution in [0.15, 0.2) is 54.6 Å². The van der Waals surface area contributed by atoms with Crippen LogP contribution in [0.3, 0.4) is 0 Å². The van der Waals surface area contributed by atoms with Gasteiger partial charge in [0.15, 0.2) is 0 Å². The monoisotopic (exact) mass is 373 g/mol. The van der Waals surface area contributed by atoms with E-state index in [4.69, 9.17) is 0 Å². The van der Waals surface area contributed by atoms with Crippen LogP contribution in [0.25, 0.3) is 10.9 Å². The van der Waals surface area contributed by atoms with Crippen molar-refractivity contribution < 1.29 is 9.59 Å². The van der Waals surface area contributed by atoms with Gasteiger partial charge in [0.1, 0.15) is 6.04 Å². The molecule has 2 heterocycles. The number of fused-ring (bicyclic) bond motifs is 1. The lowest BCUT2D eigenvalue weighted by molar-refractivity contribution is -0.127. The van der Waals surface area contributed by atoms with Gasteiger partial charge in [-0.1, -0.05) is 36.4 Å². The molecule has 1 fully saturated rings. The van der Waals surface area contributed by atoms with Crippen molar-refractivity contribution in [1.82, 2.24) is 15.2 Å². The number of benzene rings is 2. The van der Waals surface area contributed by atoms with Crippen LogP contribution in [-0.4, -0.2) is 40.8 Å². The lowest BCUT2D eigenvalue weighted by Crippen LogP contribution is -2.58. The summed E-state index contributed by atoms with van der Waals surface area (Å²) in [4.78, 5) is 32.1. The molecule has 142 valence electrons. The predicted octanol–water partition coefficient (Wildman–Crippen LogP) is 3.03. The molecule has 5 nitrogen and oxygen atoms in total. The molecule has 0 saturated carbocycles. The van der Waals surface area contributed by atoms with Crippen LogP contribution >= 0.6 is 0 Å². The first-order chi connectivity index (χ1) is 13.5. The molecule has 5 heteroatoms. The molecule has 2 aromatic carbocycles. The zero-order valence-electron chi connectivity index (χ0n) is 16.1. The van der Waals surface area contributed by atoms with Gasteiger partial charge in [-0.3, -0.25) is 14.6 Å². The number of nitrogens with one attached hydrogen (secondary N) is 1. The van der Waals surface area contributed by atoms with Crippen LogP contribution in [0.2, 0.25) is 0 Å². The summed E-state index contributed by atoms with van der Waals surface area (Å²) in [6.07, 6.45) is 0.502. The fourth-order valence-electron chi connectivity index (χ4n) is 3.87. The second-order valence-corrected chi connectivity index (χ2v) is 7.31. The first kappa shape index (κ1) is 18.2. The van der Waals surface area contributed by atoms with Gasteiger partial charge in [-0.25, -0.2) is 0 Å². The summed E-state index contributed by atoms with van der Waals surface area (Å²) in [5.74, 6) is -0.229. The fourth-order valence-corrected chi connectivity index (χ4v) is 3.87. The smallest absolute Gasteiger partial charge is 0.254 e. The first-order valence-corrected chi connectivity index (χ1v) is 9.53. The maximum absolute atomic E-state index is 13.3. The van der Waals surface area contributed by atoms with Crippen molar-refractivity contribution in [3.63, 3.8) is 0 Å². The molecule has 1 saturated heterocycles. The van der Waals surface area contributed by atoms with Gasteiger partial charge in [-0.2, -0.15) is 0 Å². The Balaban J connectivity index is 1.66. The third-order valence-corrected chi connectivity index (χ3v) is 5.26. The van der Waals surface area contributed by atoms with Crippen molar-refractivity contribution >= 4 is 22.7 Å². The molecule has 0 bridgehead atoms. The van der Waals surface area contributed by atoms with Gasteiger partial charge in [0.25, 0.3) is 5.91 Å². The van der Waals surface area contributed by atoms with Crippen LogP contribution in [0, 0.1) is 13.8 Å². The van der Waals surface area contributed by atoms with Crippen molar-refractivity contribution in [2.24, 2.45) is 0 Å². The number of hydrogen-bond acceptors (Lipinski definition) is 3. The van der Waals surface area contributed by atoms with E-state index in [1.807, 2.05) is 68.4 Å². The number of aromatic nitrogens is 1. The van der Waals surface area contributed by atoms with E-state index in [-0.39, 0.29) is 11.8 Å². The minimum Gasteiger partial charge on any atom is -0.353 e. The second kappa shape index (κ2) is 7.43. The summed E-state index contributed by atoms with van der Waals surface area (Å²) < 4.78 is 0. The summed E-state index contributed by atoms with van der Waals surface area (Å²) in [5.41, 5.74) is 4.48. The topological polar surface area (TPSA) is 62.3 Å². The van der Waals surface area contributed by atoms with Crippen LogP contribution in [0.1, 0.15) is 27.2 Å². The molecule has 1 aromatic heterocycles. The number of amides is 2. The maximum atomic E-state index is 13.3. The van der Waals surface area contributed by atoms with Crippen molar-refractivity contribution in [2.45, 2.75) is 26.3 Å². The van der Waals surface area contributed by atoms with Gasteiger partial charge in [0, 0.05) is 36.2 Å². The Morgan fingerprint density at radius 1 is 1.14 bits per heavy atom. The van der Waals surface area contributed by atoms with E-state index in [9.17, 15) is 9.59 Å². The Labute approximate surface area is 164 Å². The maximum Gasteiger partial charge on any atom is 0.254 e. The van der Waals surface area contributed by atoms with Gasteiger partial charge in [0.05, 0.1) is 5.52 Å². The summed E-state index contributed by atoms with van der Waals surface area (Å²) in [6, 6.07) is 16.9. The van der Waals surface area contributed by atoms with Crippen molar-refractivity contribution in [2.75, 3.05) is 13.1 Å². The van der Waals surface area contributed by atoms with Crippen LogP contribution in [0.5, 0.6) is 0 Å². The van der Waals surface area contributed by atoms with Gasteiger partial charge >= 0.3 is 0 Å². The molecule has 0 spiro atoms. The fraction of sp³-hybridized carbons (Fsp3) is 0.261. The predicted molar refractivity (Wildman–Crippen MR) is 109 cm³/mol. The minimum atomic E-state index is -0.508. The highest BCUT2D eigenvalue weighted by atomic mass is 16.2. The number of carbonyl (C=O) groups is 2. The molecule has 1 aliphatic heterocycles. The normalized spacial score (nSPS) is 16.9. The number of aryl methyl sites for hydroxylation is 2. The van der Waals surface area contributed by atoms with Crippen LogP contribution in [-0.2, 0) is 11.2 Å². The minimum absolute atomic E-state index is 0.103. The molecule has 28 heavy (non-hydrogen) atoms. The largest absolute Gasteiger partial charge is 0.353 e. The highest BCUT2D eigenvalue weighted by molar-refractivity contribution is 6.01. The SMILES string of the molecule is Cc1cc(C)c2ccc(C(=O)N3CCNC(=O)[C@@H]3Cc3ccccc3)cc2n1. The van der Waals surface area contributed by atoms with E-state index < -0.39 is 6.04 Å². The van der Waals surface area contributed by atoms with Crippen LogP contribution < -0.4 is 5.32 Å². The zero-order valence-corrected chi connectivity index (χ0v) is 16.1. The third-order valence-electron chi connectivity index (χ3n) is 5.26. The van der Waals surface area contributed by atoms with Gasteiger partial charge in [-0.15, -0.1) is 0 Å². The van der Waals surface area contributed by atoms with Gasteiger partial charge < -0.3 is 10.2 Å². The van der Waals surface area contributed by atoms with E-state index in [0.29, 0.717) is 25.1 Å².